The van der Waals surface area contributed by atoms with E-state index in [2.05, 4.69) is 16.0 Å². The fourth-order valence-corrected chi connectivity index (χ4v) is 2.30. The Morgan fingerprint density at radius 3 is 2.61 bits per heavy atom. The van der Waals surface area contributed by atoms with Crippen LogP contribution in [0.3, 0.4) is 0 Å². The topological polar surface area (TPSA) is 110 Å². The number of para-hydroxylation sites is 1. The van der Waals surface area contributed by atoms with Crippen LogP contribution in [0.1, 0.15) is 36.4 Å². The van der Waals surface area contributed by atoms with Crippen LogP contribution in [0.2, 0.25) is 0 Å². The van der Waals surface area contributed by atoms with Crippen molar-refractivity contribution in [3.8, 4) is 0 Å². The van der Waals surface area contributed by atoms with Gasteiger partial charge in [-0.15, -0.1) is 0 Å². The van der Waals surface area contributed by atoms with E-state index in [0.29, 0.717) is 30.5 Å². The second-order valence-electron chi connectivity index (χ2n) is 6.54. The van der Waals surface area contributed by atoms with Gasteiger partial charge >= 0.3 is 12.0 Å². The number of carbonyl (C=O) groups is 3. The summed E-state index contributed by atoms with van der Waals surface area (Å²) in [6, 6.07) is 9.75. The van der Waals surface area contributed by atoms with Gasteiger partial charge in [-0.05, 0) is 36.6 Å². The summed E-state index contributed by atoms with van der Waals surface area (Å²) in [6.07, 6.45) is 2.37. The van der Waals surface area contributed by atoms with Gasteiger partial charge in [-0.3, -0.25) is 10.1 Å². The maximum Gasteiger partial charge on any atom is 0.340 e. The van der Waals surface area contributed by atoms with E-state index in [9.17, 15) is 14.4 Å². The van der Waals surface area contributed by atoms with Crippen molar-refractivity contribution in [1.82, 2.24) is 10.6 Å². The van der Waals surface area contributed by atoms with Crippen molar-refractivity contribution in [2.24, 2.45) is 5.92 Å². The van der Waals surface area contributed by atoms with Gasteiger partial charge in [-0.2, -0.15) is 0 Å². The fourth-order valence-electron chi connectivity index (χ4n) is 2.30. The first kappa shape index (κ1) is 21.0. The predicted octanol–water partition coefficient (Wildman–Crippen LogP) is 2.92. The SMILES string of the molecule is CC(C)CCNC(=O)NC(=O)COC(=O)c1ccccc1NCc1ccco1. The highest BCUT2D eigenvalue weighted by atomic mass is 16.5. The number of hydrogen-bond acceptors (Lipinski definition) is 6. The lowest BCUT2D eigenvalue weighted by Gasteiger charge is -2.11. The van der Waals surface area contributed by atoms with E-state index in [0.717, 1.165) is 6.42 Å². The number of esters is 1. The summed E-state index contributed by atoms with van der Waals surface area (Å²) in [5.41, 5.74) is 0.832. The van der Waals surface area contributed by atoms with Crippen LogP contribution in [0, 0.1) is 5.92 Å². The van der Waals surface area contributed by atoms with Gasteiger partial charge in [0.25, 0.3) is 5.91 Å². The van der Waals surface area contributed by atoms with Crippen LogP contribution >= 0.6 is 0 Å². The average molecular weight is 387 g/mol. The molecule has 0 aliphatic carbocycles. The molecule has 3 N–H and O–H groups in total. The van der Waals surface area contributed by atoms with E-state index in [1.807, 2.05) is 19.9 Å². The Balaban J connectivity index is 1.80. The third-order valence-corrected chi connectivity index (χ3v) is 3.77. The van der Waals surface area contributed by atoms with E-state index in [1.165, 1.54) is 0 Å². The molecule has 0 radical (unpaired) electrons. The van der Waals surface area contributed by atoms with Gasteiger partial charge < -0.3 is 19.8 Å². The van der Waals surface area contributed by atoms with E-state index in [-0.39, 0.29) is 5.56 Å². The van der Waals surface area contributed by atoms with Crippen LogP contribution in [0.4, 0.5) is 10.5 Å². The first-order valence-corrected chi connectivity index (χ1v) is 9.05. The second kappa shape index (κ2) is 10.8. The van der Waals surface area contributed by atoms with Crippen LogP contribution in [-0.4, -0.2) is 31.1 Å². The summed E-state index contributed by atoms with van der Waals surface area (Å²) >= 11 is 0. The number of rotatable bonds is 9. The molecule has 0 atom stereocenters. The number of amides is 3. The zero-order valence-corrected chi connectivity index (χ0v) is 16.0. The molecule has 3 amide bonds. The number of anilines is 1. The molecule has 8 heteroatoms. The molecule has 0 fully saturated rings. The molecule has 0 aliphatic heterocycles. The van der Waals surface area contributed by atoms with Crippen molar-refractivity contribution < 1.29 is 23.5 Å². The van der Waals surface area contributed by atoms with E-state index in [4.69, 9.17) is 9.15 Å². The summed E-state index contributed by atoms with van der Waals surface area (Å²) in [5.74, 6) is -0.209. The van der Waals surface area contributed by atoms with Crippen molar-refractivity contribution in [2.75, 3.05) is 18.5 Å². The van der Waals surface area contributed by atoms with Crippen LogP contribution < -0.4 is 16.0 Å². The highest BCUT2D eigenvalue weighted by Crippen LogP contribution is 2.17. The number of benzene rings is 1. The molecule has 1 aromatic carbocycles. The zero-order valence-electron chi connectivity index (χ0n) is 16.0. The summed E-state index contributed by atoms with van der Waals surface area (Å²) in [7, 11) is 0. The highest BCUT2D eigenvalue weighted by molar-refractivity contribution is 5.99. The maximum absolute atomic E-state index is 12.3. The lowest BCUT2D eigenvalue weighted by Crippen LogP contribution is -2.42. The summed E-state index contributed by atoms with van der Waals surface area (Å²) in [5, 5.41) is 7.79. The summed E-state index contributed by atoms with van der Waals surface area (Å²) < 4.78 is 10.3. The first-order chi connectivity index (χ1) is 13.5. The Morgan fingerprint density at radius 1 is 1.11 bits per heavy atom. The molecule has 0 saturated heterocycles. The smallest absolute Gasteiger partial charge is 0.340 e. The van der Waals surface area contributed by atoms with Crippen LogP contribution in [0.25, 0.3) is 0 Å². The minimum atomic E-state index is -0.698. The standard InChI is InChI=1S/C20H25N3O5/c1-14(2)9-10-21-20(26)23-18(24)13-28-19(25)16-7-3-4-8-17(16)22-12-15-6-5-11-27-15/h3-8,11,14,22H,9-10,12-13H2,1-2H3,(H2,21,23,24,26). The molecule has 0 unspecified atom stereocenters. The lowest BCUT2D eigenvalue weighted by molar-refractivity contribution is -0.123. The number of ether oxygens (including phenoxy) is 1. The van der Waals surface area contributed by atoms with Crippen molar-refractivity contribution in [3.63, 3.8) is 0 Å². The Morgan fingerprint density at radius 2 is 1.89 bits per heavy atom. The third-order valence-electron chi connectivity index (χ3n) is 3.77. The van der Waals surface area contributed by atoms with Gasteiger partial charge in [0.2, 0.25) is 0 Å². The monoisotopic (exact) mass is 387 g/mol. The largest absolute Gasteiger partial charge is 0.467 e. The Kier molecular flexibility index (Phi) is 8.08. The molecule has 2 rings (SSSR count). The Labute approximate surface area is 163 Å². The fraction of sp³-hybridized carbons (Fsp3) is 0.350. The number of imide groups is 1. The molecule has 8 nitrogen and oxygen atoms in total. The Hall–Kier alpha value is -3.29. The maximum atomic E-state index is 12.3. The molecule has 0 spiro atoms. The predicted molar refractivity (Wildman–Crippen MR) is 104 cm³/mol. The van der Waals surface area contributed by atoms with Crippen molar-refractivity contribution in [1.29, 1.82) is 0 Å². The molecular formula is C20H25N3O5. The molecule has 0 saturated carbocycles. The number of carbonyl (C=O) groups excluding carboxylic acids is 3. The van der Waals surface area contributed by atoms with Gasteiger partial charge in [-0.25, -0.2) is 9.59 Å². The minimum Gasteiger partial charge on any atom is -0.467 e. The average Bonchev–Trinajstić information content (AvgIpc) is 3.18. The molecule has 0 aliphatic rings. The van der Waals surface area contributed by atoms with Gasteiger partial charge in [0, 0.05) is 12.2 Å². The first-order valence-electron chi connectivity index (χ1n) is 9.05. The van der Waals surface area contributed by atoms with E-state index >= 15 is 0 Å². The molecule has 150 valence electrons. The molecule has 0 bridgehead atoms. The summed E-state index contributed by atoms with van der Waals surface area (Å²) in [6.45, 7) is 4.37. The van der Waals surface area contributed by atoms with Crippen LogP contribution in [-0.2, 0) is 16.1 Å². The second-order valence-corrected chi connectivity index (χ2v) is 6.54. The number of urea groups is 1. The van der Waals surface area contributed by atoms with Gasteiger partial charge in [0.1, 0.15) is 5.76 Å². The molecule has 28 heavy (non-hydrogen) atoms. The quantitative estimate of drug-likeness (QED) is 0.571. The number of furan rings is 1. The summed E-state index contributed by atoms with van der Waals surface area (Å²) in [4.78, 5) is 35.7. The van der Waals surface area contributed by atoms with Gasteiger partial charge in [0.15, 0.2) is 6.61 Å². The van der Waals surface area contributed by atoms with Gasteiger partial charge in [0.05, 0.1) is 18.4 Å². The van der Waals surface area contributed by atoms with E-state index < -0.39 is 24.5 Å². The lowest BCUT2D eigenvalue weighted by atomic mass is 10.1. The van der Waals surface area contributed by atoms with Crippen molar-refractivity contribution >= 4 is 23.6 Å². The molecule has 1 aromatic heterocycles. The zero-order chi connectivity index (χ0) is 20.4. The third kappa shape index (κ3) is 7.14. The number of nitrogens with one attached hydrogen (secondary N) is 3. The highest BCUT2D eigenvalue weighted by Gasteiger charge is 2.15. The normalized spacial score (nSPS) is 10.4. The minimum absolute atomic E-state index is 0.281. The number of hydrogen-bond donors (Lipinski definition) is 3. The van der Waals surface area contributed by atoms with E-state index in [1.54, 1.807) is 36.6 Å². The molecular weight excluding hydrogens is 362 g/mol. The van der Waals surface area contributed by atoms with Crippen LogP contribution in [0.15, 0.2) is 47.1 Å². The van der Waals surface area contributed by atoms with Crippen molar-refractivity contribution in [3.05, 3.63) is 54.0 Å². The van der Waals surface area contributed by atoms with Crippen LogP contribution in [0.5, 0.6) is 0 Å². The molecule has 2 aromatic rings. The van der Waals surface area contributed by atoms with Gasteiger partial charge in [-0.1, -0.05) is 26.0 Å². The Bertz CT molecular complexity index is 787. The van der Waals surface area contributed by atoms with Crippen molar-refractivity contribution in [2.45, 2.75) is 26.8 Å². The molecule has 1 heterocycles.